The molecule has 1 unspecified atom stereocenters. The third-order valence-electron chi connectivity index (χ3n) is 2.78. The minimum Gasteiger partial charge on any atom is -0.520 e. The van der Waals surface area contributed by atoms with E-state index in [0.717, 1.165) is 12.8 Å². The SMILES string of the molecule is CC(C)C(N[C-]=O)C(=O)NCC(=O)O.CCCCNC(=O)OC(C)(C)C.[Fm]. The Morgan fingerprint density at radius 1 is 1.15 bits per heavy atom. The number of carboxylic acid groups (broad SMARTS) is 1. The fourth-order valence-corrected chi connectivity index (χ4v) is 1.55. The number of hydrogen-bond acceptors (Lipinski definition) is 5. The summed E-state index contributed by atoms with van der Waals surface area (Å²) in [4.78, 5) is 42.4. The summed E-state index contributed by atoms with van der Waals surface area (Å²) in [5.74, 6) is -1.77. The van der Waals surface area contributed by atoms with Crippen LogP contribution in [0, 0.1) is 5.92 Å². The van der Waals surface area contributed by atoms with Crippen LogP contribution < -0.4 is 16.0 Å². The maximum atomic E-state index is 11.3. The molecule has 0 bridgehead atoms. The summed E-state index contributed by atoms with van der Waals surface area (Å²) >= 11 is 0. The second-order valence-electron chi connectivity index (χ2n) is 6.86. The van der Waals surface area contributed by atoms with Crippen molar-refractivity contribution in [2.75, 3.05) is 13.1 Å². The molecule has 164 valence electrons. The third-order valence-corrected chi connectivity index (χ3v) is 2.78. The van der Waals surface area contributed by atoms with Crippen LogP contribution in [0.3, 0.4) is 0 Å². The van der Waals surface area contributed by atoms with E-state index in [0.29, 0.717) is 6.54 Å². The van der Waals surface area contributed by atoms with E-state index in [-0.39, 0.29) is 12.0 Å². The zero-order chi connectivity index (χ0) is 20.8. The van der Waals surface area contributed by atoms with E-state index in [4.69, 9.17) is 9.84 Å². The molecule has 0 aliphatic heterocycles. The van der Waals surface area contributed by atoms with E-state index in [1.54, 1.807) is 13.8 Å². The monoisotopic (exact) mass is 631 g/mol. The van der Waals surface area contributed by atoms with Crippen LogP contribution >= 0.6 is 0 Å². The van der Waals surface area contributed by atoms with Crippen molar-refractivity contribution >= 4 is 24.4 Å². The topological polar surface area (TPSA) is 134 Å². The van der Waals surface area contributed by atoms with Crippen LogP contribution in [0.2, 0.25) is 0 Å². The van der Waals surface area contributed by atoms with Crippen molar-refractivity contribution in [3.05, 3.63) is 0 Å². The summed E-state index contributed by atoms with van der Waals surface area (Å²) in [6, 6.07) is -0.744. The molecule has 0 aliphatic carbocycles. The molecule has 0 fully saturated rings. The first-order chi connectivity index (χ1) is 11.9. The minimum atomic E-state index is -1.13. The Balaban J connectivity index is -0.000000416. The van der Waals surface area contributed by atoms with Gasteiger partial charge in [0.05, 0.1) is 6.04 Å². The summed E-state index contributed by atoms with van der Waals surface area (Å²) in [7, 11) is 0. The second-order valence-corrected chi connectivity index (χ2v) is 6.86. The molecule has 0 saturated heterocycles. The predicted molar refractivity (Wildman–Crippen MR) is 97.2 cm³/mol. The van der Waals surface area contributed by atoms with Crippen molar-refractivity contribution < 1.29 is 29.0 Å². The molecule has 1 atom stereocenters. The molecule has 0 spiro atoms. The Hall–Kier alpha value is -3.32. The van der Waals surface area contributed by atoms with Crippen molar-refractivity contribution in [2.24, 2.45) is 5.92 Å². The largest absolute Gasteiger partial charge is 0.520 e. The standard InChI is InChI=1S/C9H19NO2.C8H13N2O4.Fm/c1-5-6-7-10-8(11)12-9(2,3)4;1-5(2)7(10-4-11)8(14)9-3-6(12)13;/h5-7H2,1-4H3,(H,10,11);5,7H,3H2,1-2H3,(H,9,14)(H,10,11)(H,12,13);/q;-1;. The summed E-state index contributed by atoms with van der Waals surface area (Å²) < 4.78 is 5.03. The molecule has 10 heteroatoms. The third kappa shape index (κ3) is 18.9. The smallest absolute Gasteiger partial charge is 0.407 e. The zero-order valence-corrected chi connectivity index (χ0v) is 19.2. The first-order valence-electron chi connectivity index (χ1n) is 8.53. The van der Waals surface area contributed by atoms with Gasteiger partial charge in [-0.2, -0.15) is 6.41 Å². The summed E-state index contributed by atoms with van der Waals surface area (Å²) in [5, 5.41) is 15.3. The molecule has 0 heterocycles. The molecular formula is C17H32FmN3O6-. The van der Waals surface area contributed by atoms with Crippen LogP contribution in [0.4, 0.5) is 4.79 Å². The number of rotatable bonds is 9. The first kappa shape index (κ1) is 28.5. The van der Waals surface area contributed by atoms with E-state index < -0.39 is 30.1 Å². The molecule has 0 aromatic carbocycles. The fraction of sp³-hybridized carbons (Fsp3) is 0.765. The van der Waals surface area contributed by atoms with Crippen LogP contribution in [0.5, 0.6) is 0 Å². The average Bonchev–Trinajstić information content (AvgIpc) is 2.49. The predicted octanol–water partition coefficient (Wildman–Crippen LogP) is 1.18. The first-order valence-corrected chi connectivity index (χ1v) is 8.53. The van der Waals surface area contributed by atoms with Gasteiger partial charge in [0.15, 0.2) is 0 Å². The van der Waals surface area contributed by atoms with Crippen molar-refractivity contribution in [1.29, 1.82) is 0 Å². The van der Waals surface area contributed by atoms with Crippen LogP contribution in [0.25, 0.3) is 0 Å². The molecule has 0 aromatic heterocycles. The summed E-state index contributed by atoms with van der Waals surface area (Å²) in [5.41, 5.74) is -0.393. The molecule has 3 amide bonds. The number of aliphatic carboxylic acids is 1. The summed E-state index contributed by atoms with van der Waals surface area (Å²) in [6.07, 6.45) is 3.16. The van der Waals surface area contributed by atoms with Gasteiger partial charge >= 0.3 is 12.1 Å². The molecule has 0 saturated carbocycles. The molecule has 0 aromatic rings. The van der Waals surface area contributed by atoms with Gasteiger partial charge in [-0.05, 0) is 33.1 Å². The molecule has 9 nitrogen and oxygen atoms in total. The minimum absolute atomic E-state index is 0. The van der Waals surface area contributed by atoms with Crippen LogP contribution in [0.1, 0.15) is 54.4 Å². The Labute approximate surface area is 155 Å². The van der Waals surface area contributed by atoms with Gasteiger partial charge in [-0.15, -0.1) is 0 Å². The molecule has 27 heavy (non-hydrogen) atoms. The number of unbranched alkanes of at least 4 members (excludes halogenated alkanes) is 1. The average molecular weight is 631 g/mol. The maximum absolute atomic E-state index is 11.3. The maximum Gasteiger partial charge on any atom is 0.407 e. The van der Waals surface area contributed by atoms with Gasteiger partial charge in [0.25, 0.3) is 0 Å². The van der Waals surface area contributed by atoms with Gasteiger partial charge in [-0.3, -0.25) is 9.59 Å². The van der Waals surface area contributed by atoms with Crippen molar-refractivity contribution in [3.63, 3.8) is 0 Å². The summed E-state index contributed by atoms with van der Waals surface area (Å²) in [6.45, 7) is 11.3. The van der Waals surface area contributed by atoms with E-state index >= 15 is 0 Å². The number of carbonyl (C=O) groups excluding carboxylic acids is 3. The quantitative estimate of drug-likeness (QED) is 0.172. The molecule has 0 aliphatic rings. The number of ether oxygens (including phenoxy) is 1. The van der Waals surface area contributed by atoms with Gasteiger partial charge in [0, 0.05) is 6.54 Å². The van der Waals surface area contributed by atoms with Crippen LogP contribution in [-0.4, -0.2) is 54.2 Å². The number of amides is 3. The van der Waals surface area contributed by atoms with Crippen molar-refractivity contribution in [1.82, 2.24) is 16.0 Å². The van der Waals surface area contributed by atoms with E-state index in [2.05, 4.69) is 22.9 Å². The van der Waals surface area contributed by atoms with Gasteiger partial charge in [0.1, 0.15) is 12.1 Å². The van der Waals surface area contributed by atoms with Gasteiger partial charge in [-0.25, -0.2) is 4.79 Å². The number of nitrogens with one attached hydrogen (secondary N) is 3. The van der Waals surface area contributed by atoms with Crippen molar-refractivity contribution in [3.8, 4) is 0 Å². The molecule has 0 rings (SSSR count). The Kier molecular flexibility index (Phi) is 15.8. The molecule has 0 radical (unpaired) electrons. The van der Waals surface area contributed by atoms with Crippen LogP contribution in [0.15, 0.2) is 0 Å². The van der Waals surface area contributed by atoms with Crippen LogP contribution in [-0.2, 0) is 19.1 Å². The van der Waals surface area contributed by atoms with Gasteiger partial charge in [0.2, 0.25) is 5.91 Å². The van der Waals surface area contributed by atoms with E-state index in [9.17, 15) is 19.2 Å². The fourth-order valence-electron chi connectivity index (χ4n) is 1.55. The molecule has 4 N–H and O–H groups in total. The Morgan fingerprint density at radius 2 is 1.70 bits per heavy atom. The van der Waals surface area contributed by atoms with E-state index in [1.807, 2.05) is 20.8 Å². The number of carbonyl (C=O) groups is 3. The Morgan fingerprint density at radius 3 is 2.07 bits per heavy atom. The number of carboxylic acids is 1. The normalized spacial score (nSPS) is 11.1. The second kappa shape index (κ2) is 15.0. The van der Waals surface area contributed by atoms with Gasteiger partial charge < -0.3 is 30.6 Å². The number of alkyl carbamates (subject to hydrolysis) is 1. The molecular weight excluding hydrogens is 599 g/mol. The van der Waals surface area contributed by atoms with Gasteiger partial charge in [-0.1, -0.05) is 27.2 Å². The van der Waals surface area contributed by atoms with E-state index in [1.165, 1.54) is 6.41 Å². The number of hydrogen-bond donors (Lipinski definition) is 4. The van der Waals surface area contributed by atoms with Crippen molar-refractivity contribution in [2.45, 2.75) is 66.0 Å². The zero-order valence-electron chi connectivity index (χ0n) is 16.8. The Bertz CT molecular complexity index is 452.